The predicted octanol–water partition coefficient (Wildman–Crippen LogP) is 2.98. The minimum Gasteiger partial charge on any atom is -0.497 e. The average Bonchev–Trinajstić information content (AvgIpc) is 3.02. The van der Waals surface area contributed by atoms with Gasteiger partial charge in [0.05, 0.1) is 19.3 Å². The molecule has 1 heterocycles. The fourth-order valence-corrected chi connectivity index (χ4v) is 2.13. The lowest BCUT2D eigenvalue weighted by molar-refractivity contribution is 0.370. The molecular formula is C14H20O2. The second-order valence-corrected chi connectivity index (χ2v) is 4.41. The first-order chi connectivity index (χ1) is 7.74. The lowest BCUT2D eigenvalue weighted by Gasteiger charge is -2.09. The monoisotopic (exact) mass is 220 g/mol. The van der Waals surface area contributed by atoms with Crippen molar-refractivity contribution in [3.63, 3.8) is 0 Å². The second kappa shape index (κ2) is 4.88. The maximum Gasteiger partial charge on any atom is 0.119 e. The summed E-state index contributed by atoms with van der Waals surface area (Å²) in [6.45, 7) is 4.33. The van der Waals surface area contributed by atoms with Gasteiger partial charge in [0, 0.05) is 0 Å². The SMILES string of the molecule is CCc1cc(OC)ccc1CCC1OC1C. The highest BCUT2D eigenvalue weighted by Gasteiger charge is 2.33. The largest absolute Gasteiger partial charge is 0.497 e. The first-order valence-electron chi connectivity index (χ1n) is 6.05. The molecule has 88 valence electrons. The van der Waals surface area contributed by atoms with Gasteiger partial charge in [-0.25, -0.2) is 0 Å². The van der Waals surface area contributed by atoms with Crippen molar-refractivity contribution in [1.82, 2.24) is 0 Å². The molecule has 2 rings (SSSR count). The molecule has 0 radical (unpaired) electrons. The van der Waals surface area contributed by atoms with Gasteiger partial charge in [-0.05, 0) is 49.4 Å². The van der Waals surface area contributed by atoms with Crippen LogP contribution in [-0.4, -0.2) is 19.3 Å². The first-order valence-corrected chi connectivity index (χ1v) is 6.05. The maximum atomic E-state index is 5.43. The van der Waals surface area contributed by atoms with Gasteiger partial charge in [-0.3, -0.25) is 0 Å². The van der Waals surface area contributed by atoms with Crippen molar-refractivity contribution in [2.24, 2.45) is 0 Å². The van der Waals surface area contributed by atoms with Crippen LogP contribution in [0.3, 0.4) is 0 Å². The Morgan fingerprint density at radius 1 is 1.31 bits per heavy atom. The summed E-state index contributed by atoms with van der Waals surface area (Å²) in [5.74, 6) is 0.955. The molecule has 0 N–H and O–H groups in total. The third kappa shape index (κ3) is 2.56. The molecule has 2 heteroatoms. The zero-order valence-electron chi connectivity index (χ0n) is 10.3. The Morgan fingerprint density at radius 2 is 2.06 bits per heavy atom. The highest BCUT2D eigenvalue weighted by molar-refractivity contribution is 5.35. The molecule has 0 aliphatic carbocycles. The van der Waals surface area contributed by atoms with Gasteiger partial charge in [0.1, 0.15) is 5.75 Å². The Labute approximate surface area is 97.6 Å². The van der Waals surface area contributed by atoms with Crippen molar-refractivity contribution in [3.8, 4) is 5.75 Å². The van der Waals surface area contributed by atoms with Crippen LogP contribution in [0, 0.1) is 0 Å². The summed E-state index contributed by atoms with van der Waals surface area (Å²) in [7, 11) is 1.72. The number of ether oxygens (including phenoxy) is 2. The Balaban J connectivity index is 2.01. The van der Waals surface area contributed by atoms with Crippen molar-refractivity contribution in [1.29, 1.82) is 0 Å². The van der Waals surface area contributed by atoms with E-state index in [0.717, 1.165) is 25.0 Å². The van der Waals surface area contributed by atoms with Crippen molar-refractivity contribution >= 4 is 0 Å². The molecule has 2 unspecified atom stereocenters. The fourth-order valence-electron chi connectivity index (χ4n) is 2.13. The average molecular weight is 220 g/mol. The molecule has 0 amide bonds. The van der Waals surface area contributed by atoms with Gasteiger partial charge >= 0.3 is 0 Å². The number of benzene rings is 1. The molecule has 1 aliphatic heterocycles. The van der Waals surface area contributed by atoms with Crippen LogP contribution in [0.1, 0.15) is 31.4 Å². The van der Waals surface area contributed by atoms with Crippen LogP contribution in [0.4, 0.5) is 0 Å². The van der Waals surface area contributed by atoms with E-state index in [2.05, 4.69) is 26.0 Å². The summed E-state index contributed by atoms with van der Waals surface area (Å²) >= 11 is 0. The molecule has 2 atom stereocenters. The van der Waals surface area contributed by atoms with E-state index in [0.29, 0.717) is 12.2 Å². The van der Waals surface area contributed by atoms with Gasteiger partial charge < -0.3 is 9.47 Å². The van der Waals surface area contributed by atoms with Crippen molar-refractivity contribution < 1.29 is 9.47 Å². The quantitative estimate of drug-likeness (QED) is 0.712. The molecule has 1 fully saturated rings. The first kappa shape index (κ1) is 11.5. The topological polar surface area (TPSA) is 21.8 Å². The van der Waals surface area contributed by atoms with Crippen molar-refractivity contribution in [2.75, 3.05) is 7.11 Å². The number of methoxy groups -OCH3 is 1. The summed E-state index contributed by atoms with van der Waals surface area (Å²) in [5.41, 5.74) is 2.83. The van der Waals surface area contributed by atoms with Gasteiger partial charge in [-0.1, -0.05) is 13.0 Å². The van der Waals surface area contributed by atoms with E-state index in [1.54, 1.807) is 7.11 Å². The van der Waals surface area contributed by atoms with Gasteiger partial charge in [0.2, 0.25) is 0 Å². The molecule has 1 aromatic rings. The zero-order valence-corrected chi connectivity index (χ0v) is 10.3. The fraction of sp³-hybridized carbons (Fsp3) is 0.571. The van der Waals surface area contributed by atoms with Gasteiger partial charge in [0.25, 0.3) is 0 Å². The van der Waals surface area contributed by atoms with Crippen LogP contribution in [0.2, 0.25) is 0 Å². The highest BCUT2D eigenvalue weighted by atomic mass is 16.6. The van der Waals surface area contributed by atoms with E-state index in [-0.39, 0.29) is 0 Å². The molecule has 16 heavy (non-hydrogen) atoms. The van der Waals surface area contributed by atoms with Crippen LogP contribution in [0.5, 0.6) is 5.75 Å². The summed E-state index contributed by atoms with van der Waals surface area (Å²) in [5, 5.41) is 0. The lowest BCUT2D eigenvalue weighted by Crippen LogP contribution is -1.98. The van der Waals surface area contributed by atoms with Crippen molar-refractivity contribution in [3.05, 3.63) is 29.3 Å². The molecule has 0 saturated carbocycles. The van der Waals surface area contributed by atoms with Crippen LogP contribution < -0.4 is 4.74 Å². The second-order valence-electron chi connectivity index (χ2n) is 4.41. The Hall–Kier alpha value is -1.02. The molecular weight excluding hydrogens is 200 g/mol. The Kier molecular flexibility index (Phi) is 3.49. The standard InChI is InChI=1S/C14H20O2/c1-4-11-9-13(15-3)7-5-12(11)6-8-14-10(2)16-14/h5,7,9-10,14H,4,6,8H2,1-3H3. The minimum absolute atomic E-state index is 0.475. The van der Waals surface area contributed by atoms with E-state index >= 15 is 0 Å². The third-order valence-electron chi connectivity index (χ3n) is 3.33. The third-order valence-corrected chi connectivity index (χ3v) is 3.33. The van der Waals surface area contributed by atoms with Gasteiger partial charge in [-0.15, -0.1) is 0 Å². The Bertz CT molecular complexity index is 360. The van der Waals surface area contributed by atoms with E-state index in [1.807, 2.05) is 6.07 Å². The van der Waals surface area contributed by atoms with Crippen LogP contribution >= 0.6 is 0 Å². The van der Waals surface area contributed by atoms with Gasteiger partial charge in [0.15, 0.2) is 0 Å². The maximum absolute atomic E-state index is 5.43. The van der Waals surface area contributed by atoms with Gasteiger partial charge in [-0.2, -0.15) is 0 Å². The van der Waals surface area contributed by atoms with Crippen molar-refractivity contribution in [2.45, 2.75) is 45.3 Å². The number of aryl methyl sites for hydroxylation is 2. The summed E-state index contributed by atoms with van der Waals surface area (Å²) < 4.78 is 10.7. The van der Waals surface area contributed by atoms with E-state index in [4.69, 9.17) is 9.47 Å². The Morgan fingerprint density at radius 3 is 2.62 bits per heavy atom. The normalized spacial score (nSPS) is 23.2. The summed E-state index contributed by atoms with van der Waals surface area (Å²) in [6.07, 6.45) is 4.28. The van der Waals surface area contributed by atoms with Crippen LogP contribution in [-0.2, 0) is 17.6 Å². The molecule has 1 aliphatic rings. The number of rotatable bonds is 5. The van der Waals surface area contributed by atoms with Crippen LogP contribution in [0.25, 0.3) is 0 Å². The van der Waals surface area contributed by atoms with Crippen LogP contribution in [0.15, 0.2) is 18.2 Å². The van der Waals surface area contributed by atoms with E-state index in [1.165, 1.54) is 11.1 Å². The predicted molar refractivity (Wildman–Crippen MR) is 65.0 cm³/mol. The number of hydrogen-bond acceptors (Lipinski definition) is 2. The van der Waals surface area contributed by atoms with E-state index in [9.17, 15) is 0 Å². The smallest absolute Gasteiger partial charge is 0.119 e. The van der Waals surface area contributed by atoms with E-state index < -0.39 is 0 Å². The lowest BCUT2D eigenvalue weighted by atomic mass is 9.99. The molecule has 0 spiro atoms. The highest BCUT2D eigenvalue weighted by Crippen LogP contribution is 2.27. The summed E-state index contributed by atoms with van der Waals surface area (Å²) in [6, 6.07) is 6.38. The summed E-state index contributed by atoms with van der Waals surface area (Å²) in [4.78, 5) is 0. The molecule has 2 nitrogen and oxygen atoms in total. The number of hydrogen-bond donors (Lipinski definition) is 0. The number of epoxide rings is 1. The molecule has 1 aromatic carbocycles. The zero-order chi connectivity index (χ0) is 11.5. The molecule has 0 aromatic heterocycles. The minimum atomic E-state index is 0.475. The molecule has 1 saturated heterocycles. The molecule has 0 bridgehead atoms.